The third kappa shape index (κ3) is 2.31. The van der Waals surface area contributed by atoms with E-state index in [4.69, 9.17) is 0 Å². The fourth-order valence-electron chi connectivity index (χ4n) is 1.44. The Bertz CT molecular complexity index is 300. The Labute approximate surface area is 102 Å². The number of hydrogen-bond acceptors (Lipinski definition) is 4. The normalized spacial score (nSPS) is 14.5. The van der Waals surface area contributed by atoms with Gasteiger partial charge in [0.15, 0.2) is 0 Å². The maximum absolute atomic E-state index is 10.5. The molecule has 0 spiro atoms. The second-order valence-electron chi connectivity index (χ2n) is 2.88. The molecule has 0 aromatic carbocycles. The van der Waals surface area contributed by atoms with Crippen LogP contribution >= 0.6 is 11.3 Å². The first-order valence-corrected chi connectivity index (χ1v) is 4.79. The summed E-state index contributed by atoms with van der Waals surface area (Å²) in [6.45, 7) is 0. The van der Waals surface area contributed by atoms with Crippen LogP contribution in [0.25, 0.3) is 0 Å². The van der Waals surface area contributed by atoms with Gasteiger partial charge in [-0.2, -0.15) is 0 Å². The molecule has 1 aromatic rings. The first-order chi connectivity index (χ1) is 5.77. The van der Waals surface area contributed by atoms with Crippen molar-refractivity contribution in [2.24, 2.45) is 0 Å². The van der Waals surface area contributed by atoms with E-state index in [1.807, 2.05) is 0 Å². The molecule has 0 atom stereocenters. The third-order valence-corrected chi connectivity index (χ3v) is 3.16. The van der Waals surface area contributed by atoms with E-state index in [2.05, 4.69) is 4.98 Å². The average molecular weight is 205 g/mol. The summed E-state index contributed by atoms with van der Waals surface area (Å²) in [6, 6.07) is 0. The van der Waals surface area contributed by atoms with E-state index >= 15 is 0 Å². The maximum atomic E-state index is 10.5. The van der Waals surface area contributed by atoms with Gasteiger partial charge < -0.3 is 9.90 Å². The van der Waals surface area contributed by atoms with E-state index < -0.39 is 5.97 Å². The fourth-order valence-corrected chi connectivity index (χ4v) is 2.42. The van der Waals surface area contributed by atoms with Gasteiger partial charge >= 0.3 is 29.6 Å². The van der Waals surface area contributed by atoms with Crippen molar-refractivity contribution in [3.8, 4) is 0 Å². The molecular formula is C8H8NNaO2S. The number of aromatic nitrogens is 1. The van der Waals surface area contributed by atoms with Crippen molar-refractivity contribution >= 4 is 17.3 Å². The minimum absolute atomic E-state index is 0. The Hall–Kier alpha value is 0.1000. The quantitative estimate of drug-likeness (QED) is 0.472. The standard InChI is InChI=1S/C8H9NO2S.Na/c10-8(11)7-9-5-3-1-2-4-6(5)12-7;/h1-4H2,(H,10,11);/q;+1/p-1. The molecule has 3 nitrogen and oxygen atoms in total. The van der Waals surface area contributed by atoms with Crippen molar-refractivity contribution in [3.63, 3.8) is 0 Å². The average Bonchev–Trinajstić information content (AvgIpc) is 2.46. The zero-order valence-electron chi connectivity index (χ0n) is 7.50. The number of thiazole rings is 1. The number of carbonyl (C=O) groups excluding carboxylic acids is 1. The number of aromatic carboxylic acids is 1. The molecule has 0 saturated heterocycles. The van der Waals surface area contributed by atoms with Crippen LogP contribution in [-0.4, -0.2) is 11.0 Å². The van der Waals surface area contributed by atoms with Gasteiger partial charge in [-0.3, -0.25) is 0 Å². The van der Waals surface area contributed by atoms with Crippen molar-refractivity contribution in [1.82, 2.24) is 4.98 Å². The second kappa shape index (κ2) is 4.55. The molecule has 1 aliphatic rings. The third-order valence-electron chi connectivity index (χ3n) is 2.02. The van der Waals surface area contributed by atoms with Crippen LogP contribution < -0.4 is 34.7 Å². The second-order valence-corrected chi connectivity index (χ2v) is 3.97. The molecule has 1 heterocycles. The molecule has 1 aliphatic carbocycles. The predicted molar refractivity (Wildman–Crippen MR) is 43.1 cm³/mol. The molecule has 0 bridgehead atoms. The molecule has 0 radical (unpaired) electrons. The minimum atomic E-state index is -1.14. The first kappa shape index (κ1) is 11.2. The van der Waals surface area contributed by atoms with Gasteiger partial charge in [0.1, 0.15) is 11.0 Å². The first-order valence-electron chi connectivity index (χ1n) is 3.97. The minimum Gasteiger partial charge on any atom is -0.542 e. The number of nitrogens with zero attached hydrogens (tertiary/aromatic N) is 1. The maximum Gasteiger partial charge on any atom is 1.00 e. The zero-order valence-corrected chi connectivity index (χ0v) is 10.3. The Kier molecular flexibility index (Phi) is 3.91. The molecule has 0 fully saturated rings. The summed E-state index contributed by atoms with van der Waals surface area (Å²) in [5.41, 5.74) is 0.977. The molecule has 0 amide bonds. The summed E-state index contributed by atoms with van der Waals surface area (Å²) >= 11 is 1.27. The summed E-state index contributed by atoms with van der Waals surface area (Å²) in [5, 5.41) is 10.6. The number of carboxylic acids is 1. The number of carbonyl (C=O) groups is 1. The van der Waals surface area contributed by atoms with Gasteiger partial charge in [-0.15, -0.1) is 11.3 Å². The summed E-state index contributed by atoms with van der Waals surface area (Å²) in [5.74, 6) is -1.14. The van der Waals surface area contributed by atoms with E-state index in [9.17, 15) is 9.90 Å². The van der Waals surface area contributed by atoms with Gasteiger partial charge in [-0.1, -0.05) is 0 Å². The van der Waals surface area contributed by atoms with Crippen molar-refractivity contribution < 1.29 is 39.5 Å². The summed E-state index contributed by atoms with van der Waals surface area (Å²) in [4.78, 5) is 15.6. The number of carboxylic acid groups (broad SMARTS) is 1. The molecule has 0 N–H and O–H groups in total. The Morgan fingerprint density at radius 1 is 1.38 bits per heavy atom. The van der Waals surface area contributed by atoms with E-state index in [-0.39, 0.29) is 34.6 Å². The molecule has 1 aromatic heterocycles. The van der Waals surface area contributed by atoms with Gasteiger partial charge in [0.05, 0.1) is 5.69 Å². The van der Waals surface area contributed by atoms with Crippen molar-refractivity contribution in [1.29, 1.82) is 0 Å². The monoisotopic (exact) mass is 205 g/mol. The van der Waals surface area contributed by atoms with Crippen molar-refractivity contribution in [2.75, 3.05) is 0 Å². The number of rotatable bonds is 1. The molecule has 0 aliphatic heterocycles. The van der Waals surface area contributed by atoms with Gasteiger partial charge in [0.25, 0.3) is 0 Å². The van der Waals surface area contributed by atoms with Crippen LogP contribution in [0.15, 0.2) is 0 Å². The van der Waals surface area contributed by atoms with Crippen LogP contribution in [-0.2, 0) is 12.8 Å². The SMILES string of the molecule is O=C([O-])c1nc2c(s1)CCCC2.[Na+]. The molecule has 0 saturated carbocycles. The molecule has 64 valence electrons. The van der Waals surface area contributed by atoms with E-state index in [0.717, 1.165) is 36.3 Å². The van der Waals surface area contributed by atoms with Crippen LogP contribution in [0, 0.1) is 0 Å². The predicted octanol–water partition coefficient (Wildman–Crippen LogP) is -2.61. The smallest absolute Gasteiger partial charge is 0.542 e. The Balaban J connectivity index is 0.000000845. The Morgan fingerprint density at radius 3 is 2.69 bits per heavy atom. The van der Waals surface area contributed by atoms with Crippen LogP contribution in [0.4, 0.5) is 0 Å². The van der Waals surface area contributed by atoms with Crippen molar-refractivity contribution in [3.05, 3.63) is 15.6 Å². The van der Waals surface area contributed by atoms with Gasteiger partial charge in [0, 0.05) is 4.88 Å². The fraction of sp³-hybridized carbons (Fsp3) is 0.500. The molecule has 0 unspecified atom stereocenters. The molecular weight excluding hydrogens is 197 g/mol. The summed E-state index contributed by atoms with van der Waals surface area (Å²) < 4.78 is 0. The van der Waals surface area contributed by atoms with Gasteiger partial charge in [0.2, 0.25) is 0 Å². The number of hydrogen-bond donors (Lipinski definition) is 0. The largest absolute Gasteiger partial charge is 1.00 e. The summed E-state index contributed by atoms with van der Waals surface area (Å²) in [7, 11) is 0. The number of aryl methyl sites for hydroxylation is 2. The zero-order chi connectivity index (χ0) is 8.55. The van der Waals surface area contributed by atoms with Crippen LogP contribution in [0.3, 0.4) is 0 Å². The van der Waals surface area contributed by atoms with Crippen molar-refractivity contribution in [2.45, 2.75) is 25.7 Å². The number of fused-ring (bicyclic) bond motifs is 1. The molecule has 5 heteroatoms. The van der Waals surface area contributed by atoms with E-state index in [1.54, 1.807) is 0 Å². The van der Waals surface area contributed by atoms with Gasteiger partial charge in [-0.05, 0) is 25.7 Å². The molecule has 2 rings (SSSR count). The van der Waals surface area contributed by atoms with E-state index in [0.29, 0.717) is 0 Å². The summed E-state index contributed by atoms with van der Waals surface area (Å²) in [6.07, 6.45) is 4.20. The van der Waals surface area contributed by atoms with Crippen LogP contribution in [0.2, 0.25) is 0 Å². The molecule has 13 heavy (non-hydrogen) atoms. The Morgan fingerprint density at radius 2 is 2.08 bits per heavy atom. The van der Waals surface area contributed by atoms with Crippen LogP contribution in [0.5, 0.6) is 0 Å². The van der Waals surface area contributed by atoms with Crippen LogP contribution in [0.1, 0.15) is 33.2 Å². The van der Waals surface area contributed by atoms with Gasteiger partial charge in [-0.25, -0.2) is 4.98 Å². The topological polar surface area (TPSA) is 53.0 Å². The van der Waals surface area contributed by atoms with E-state index in [1.165, 1.54) is 11.3 Å².